The third kappa shape index (κ3) is 9.18. The Morgan fingerprint density at radius 2 is 1.38 bits per heavy atom. The van der Waals surface area contributed by atoms with Crippen molar-refractivity contribution in [3.63, 3.8) is 0 Å². The standard InChI is InChI=1S/C20H13F5N2O4.C7H6F2O2/c21-19(22)31-15-4-2-1-3-14(15)30-16-9-11(20(23,24)25)5-6-13(16)18(29)27-12-7-8-26-17(28)10-12;8-7(9)11-6-4-2-1-3-5(6)10/h1-10,19H,(H2,26,27,28,29);1-4,7,10H. The summed E-state index contributed by atoms with van der Waals surface area (Å²) >= 11 is 0. The van der Waals surface area contributed by atoms with Gasteiger partial charge in [0.2, 0.25) is 5.56 Å². The van der Waals surface area contributed by atoms with Crippen LogP contribution >= 0.6 is 0 Å². The van der Waals surface area contributed by atoms with Gasteiger partial charge >= 0.3 is 19.4 Å². The van der Waals surface area contributed by atoms with Gasteiger partial charge in [-0.25, -0.2) is 0 Å². The Bertz CT molecular complexity index is 1560. The number of aromatic nitrogens is 1. The molecule has 0 bridgehead atoms. The number of ether oxygens (including phenoxy) is 3. The quantitative estimate of drug-likeness (QED) is 0.187. The molecule has 0 aliphatic rings. The van der Waals surface area contributed by atoms with E-state index in [-0.39, 0.29) is 28.5 Å². The van der Waals surface area contributed by atoms with Gasteiger partial charge in [-0.1, -0.05) is 24.3 Å². The molecule has 42 heavy (non-hydrogen) atoms. The number of hydrogen-bond donors (Lipinski definition) is 3. The van der Waals surface area contributed by atoms with Gasteiger partial charge in [0.25, 0.3) is 5.91 Å². The molecule has 3 aromatic carbocycles. The predicted octanol–water partition coefficient (Wildman–Crippen LogP) is 7.03. The molecule has 0 saturated heterocycles. The first-order valence-electron chi connectivity index (χ1n) is 11.5. The van der Waals surface area contributed by atoms with Crippen LogP contribution in [0.5, 0.6) is 28.7 Å². The summed E-state index contributed by atoms with van der Waals surface area (Å²) in [5.41, 5.74) is -1.89. The van der Waals surface area contributed by atoms with E-state index < -0.39 is 47.9 Å². The zero-order valence-electron chi connectivity index (χ0n) is 20.9. The van der Waals surface area contributed by atoms with E-state index in [0.29, 0.717) is 12.1 Å². The molecular formula is C27H19F7N2O6. The number of alkyl halides is 7. The van der Waals surface area contributed by atoms with Crippen LogP contribution in [0.15, 0.2) is 89.9 Å². The number of pyridine rings is 1. The van der Waals surface area contributed by atoms with Crippen molar-refractivity contribution in [1.29, 1.82) is 0 Å². The number of phenolic OH excluding ortho intramolecular Hbond substituents is 1. The predicted molar refractivity (Wildman–Crippen MR) is 134 cm³/mol. The Kier molecular flexibility index (Phi) is 10.4. The van der Waals surface area contributed by atoms with Gasteiger partial charge in [-0.05, 0) is 48.5 Å². The Hall–Kier alpha value is -5.21. The highest BCUT2D eigenvalue weighted by Gasteiger charge is 2.32. The third-order valence-corrected chi connectivity index (χ3v) is 4.95. The van der Waals surface area contributed by atoms with E-state index in [4.69, 9.17) is 9.84 Å². The number of H-pyrrole nitrogens is 1. The van der Waals surface area contributed by atoms with E-state index >= 15 is 0 Å². The molecule has 8 nitrogen and oxygen atoms in total. The Balaban J connectivity index is 0.000000369. The van der Waals surface area contributed by atoms with Gasteiger partial charge in [-0.15, -0.1) is 0 Å². The van der Waals surface area contributed by atoms with Gasteiger partial charge in [0, 0.05) is 18.0 Å². The largest absolute Gasteiger partial charge is 0.504 e. The van der Waals surface area contributed by atoms with Crippen molar-refractivity contribution >= 4 is 11.6 Å². The molecule has 15 heteroatoms. The van der Waals surface area contributed by atoms with E-state index in [1.54, 1.807) is 0 Å². The SMILES string of the molecule is O=C(Nc1cc[nH]c(=O)c1)c1ccc(C(F)(F)F)cc1Oc1ccccc1OC(F)F.Oc1ccccc1OC(F)F. The number of amides is 1. The molecule has 0 aliphatic carbocycles. The number of benzene rings is 3. The number of para-hydroxylation sites is 4. The number of halogens is 7. The van der Waals surface area contributed by atoms with Crippen LogP contribution in [0.25, 0.3) is 0 Å². The van der Waals surface area contributed by atoms with Crippen LogP contribution in [-0.4, -0.2) is 29.2 Å². The average molecular weight is 600 g/mol. The third-order valence-electron chi connectivity index (χ3n) is 4.95. The van der Waals surface area contributed by atoms with E-state index in [1.807, 2.05) is 0 Å². The van der Waals surface area contributed by atoms with Gasteiger partial charge in [-0.3, -0.25) is 9.59 Å². The Morgan fingerprint density at radius 1 is 0.786 bits per heavy atom. The fourth-order valence-corrected chi connectivity index (χ4v) is 3.19. The first kappa shape index (κ1) is 31.3. The number of nitrogens with one attached hydrogen (secondary N) is 2. The number of carbonyl (C=O) groups excluding carboxylic acids is 1. The molecule has 0 radical (unpaired) electrons. The summed E-state index contributed by atoms with van der Waals surface area (Å²) in [6.07, 6.45) is -3.49. The van der Waals surface area contributed by atoms with Crippen LogP contribution < -0.4 is 25.1 Å². The summed E-state index contributed by atoms with van der Waals surface area (Å²) in [7, 11) is 0. The second-order valence-electron chi connectivity index (χ2n) is 7.88. The number of rotatable bonds is 8. The molecule has 0 atom stereocenters. The van der Waals surface area contributed by atoms with E-state index in [9.17, 15) is 40.3 Å². The minimum Gasteiger partial charge on any atom is -0.504 e. The maximum absolute atomic E-state index is 13.2. The Morgan fingerprint density at radius 3 is 1.98 bits per heavy atom. The lowest BCUT2D eigenvalue weighted by Gasteiger charge is -2.16. The Labute approximate surface area is 231 Å². The molecule has 4 aromatic rings. The number of aromatic hydroxyl groups is 1. The molecule has 4 rings (SSSR count). The molecular weight excluding hydrogens is 581 g/mol. The lowest BCUT2D eigenvalue weighted by molar-refractivity contribution is -0.137. The molecule has 0 spiro atoms. The molecule has 0 unspecified atom stereocenters. The zero-order valence-corrected chi connectivity index (χ0v) is 20.9. The first-order valence-corrected chi connectivity index (χ1v) is 11.5. The van der Waals surface area contributed by atoms with Crippen molar-refractivity contribution in [1.82, 2.24) is 4.98 Å². The highest BCUT2D eigenvalue weighted by atomic mass is 19.4. The topological polar surface area (TPSA) is 110 Å². The second-order valence-corrected chi connectivity index (χ2v) is 7.88. The van der Waals surface area contributed by atoms with Gasteiger partial charge in [0.15, 0.2) is 23.0 Å². The summed E-state index contributed by atoms with van der Waals surface area (Å²) in [6, 6.07) is 15.1. The van der Waals surface area contributed by atoms with Crippen LogP contribution in [0.4, 0.5) is 36.4 Å². The minimum absolute atomic E-state index is 0.0843. The molecule has 0 fully saturated rings. The van der Waals surface area contributed by atoms with Crippen molar-refractivity contribution in [2.24, 2.45) is 0 Å². The highest BCUT2D eigenvalue weighted by molar-refractivity contribution is 6.06. The summed E-state index contributed by atoms with van der Waals surface area (Å²) < 4.78 is 102. The van der Waals surface area contributed by atoms with Gasteiger partial charge in [0.05, 0.1) is 11.1 Å². The van der Waals surface area contributed by atoms with Crippen LogP contribution in [-0.2, 0) is 6.18 Å². The number of phenols is 1. The first-order chi connectivity index (χ1) is 19.8. The number of anilines is 1. The van der Waals surface area contributed by atoms with Gasteiger partial charge in [-0.2, -0.15) is 30.7 Å². The van der Waals surface area contributed by atoms with Crippen molar-refractivity contribution in [3.8, 4) is 28.7 Å². The lowest BCUT2D eigenvalue weighted by atomic mass is 10.1. The molecule has 0 saturated carbocycles. The summed E-state index contributed by atoms with van der Waals surface area (Å²) in [6.45, 7) is -6.10. The maximum Gasteiger partial charge on any atom is 0.416 e. The van der Waals surface area contributed by atoms with Crippen LogP contribution in [0.1, 0.15) is 15.9 Å². The normalized spacial score (nSPS) is 11.0. The average Bonchev–Trinajstić information content (AvgIpc) is 2.90. The molecule has 1 aromatic heterocycles. The van der Waals surface area contributed by atoms with Gasteiger partial charge in [0.1, 0.15) is 5.75 Å². The number of hydrogen-bond acceptors (Lipinski definition) is 6. The highest BCUT2D eigenvalue weighted by Crippen LogP contribution is 2.38. The summed E-state index contributed by atoms with van der Waals surface area (Å²) in [5, 5.41) is 11.3. The fraction of sp³-hybridized carbons (Fsp3) is 0.111. The molecule has 222 valence electrons. The summed E-state index contributed by atoms with van der Waals surface area (Å²) in [4.78, 5) is 26.3. The number of aromatic amines is 1. The van der Waals surface area contributed by atoms with Gasteiger partial charge < -0.3 is 29.6 Å². The number of carbonyl (C=O) groups is 1. The fourth-order valence-electron chi connectivity index (χ4n) is 3.19. The van der Waals surface area contributed by atoms with Crippen molar-refractivity contribution in [2.75, 3.05) is 5.32 Å². The van der Waals surface area contributed by atoms with Crippen LogP contribution in [0.2, 0.25) is 0 Å². The van der Waals surface area contributed by atoms with E-state index in [2.05, 4.69) is 19.8 Å². The van der Waals surface area contributed by atoms with E-state index in [1.165, 1.54) is 54.7 Å². The van der Waals surface area contributed by atoms with Crippen LogP contribution in [0, 0.1) is 0 Å². The molecule has 1 amide bonds. The molecule has 1 heterocycles. The zero-order chi connectivity index (χ0) is 30.9. The molecule has 3 N–H and O–H groups in total. The van der Waals surface area contributed by atoms with Crippen LogP contribution in [0.3, 0.4) is 0 Å². The maximum atomic E-state index is 13.2. The van der Waals surface area contributed by atoms with Crippen molar-refractivity contribution < 1.29 is 54.8 Å². The summed E-state index contributed by atoms with van der Waals surface area (Å²) in [5.74, 6) is -2.69. The van der Waals surface area contributed by atoms with E-state index in [0.717, 1.165) is 18.2 Å². The van der Waals surface area contributed by atoms with Crippen molar-refractivity contribution in [3.05, 3.63) is 107 Å². The lowest BCUT2D eigenvalue weighted by Crippen LogP contribution is -2.16. The smallest absolute Gasteiger partial charge is 0.416 e. The second kappa shape index (κ2) is 13.9. The molecule has 0 aliphatic heterocycles. The minimum atomic E-state index is -4.75. The van der Waals surface area contributed by atoms with Crippen molar-refractivity contribution in [2.45, 2.75) is 19.4 Å². The monoisotopic (exact) mass is 600 g/mol.